The normalized spacial score (nSPS) is 11.2. The highest BCUT2D eigenvalue weighted by Gasteiger charge is 2.14. The summed E-state index contributed by atoms with van der Waals surface area (Å²) in [5, 5.41) is 7.60. The second kappa shape index (κ2) is 6.48. The van der Waals surface area contributed by atoms with E-state index in [2.05, 4.69) is 5.32 Å². The molecule has 0 unspecified atom stereocenters. The second-order valence-corrected chi connectivity index (χ2v) is 5.36. The largest absolute Gasteiger partial charge is 0.330 e. The first kappa shape index (κ1) is 14.6. The highest BCUT2D eigenvalue weighted by molar-refractivity contribution is 7.89. The van der Waals surface area contributed by atoms with E-state index in [1.807, 2.05) is 0 Å². The molecule has 0 radical (unpaired) electrons. The Balaban J connectivity index is 2.76. The van der Waals surface area contributed by atoms with E-state index in [1.54, 1.807) is 12.1 Å². The van der Waals surface area contributed by atoms with Crippen LogP contribution in [0.1, 0.15) is 19.3 Å². The van der Waals surface area contributed by atoms with Gasteiger partial charge in [0, 0.05) is 6.42 Å². The molecule has 7 heteroatoms. The number of anilines is 1. The Morgan fingerprint density at radius 3 is 2.50 bits per heavy atom. The molecule has 0 saturated carbocycles. The number of primary sulfonamides is 1. The maximum Gasteiger partial charge on any atom is 0.240 e. The fraction of sp³-hybridized carbons (Fsp3) is 0.364. The fourth-order valence-corrected chi connectivity index (χ4v) is 2.15. The van der Waals surface area contributed by atoms with Crippen LogP contribution in [0.15, 0.2) is 29.2 Å². The van der Waals surface area contributed by atoms with Crippen LogP contribution in [-0.4, -0.2) is 20.9 Å². The summed E-state index contributed by atoms with van der Waals surface area (Å²) < 4.78 is 22.6. The number of para-hydroxylation sites is 1. The van der Waals surface area contributed by atoms with Crippen molar-refractivity contribution < 1.29 is 13.2 Å². The highest BCUT2D eigenvalue weighted by atomic mass is 32.2. The van der Waals surface area contributed by atoms with Crippen LogP contribution in [0.3, 0.4) is 0 Å². The van der Waals surface area contributed by atoms with Crippen molar-refractivity contribution in [3.05, 3.63) is 24.3 Å². The van der Waals surface area contributed by atoms with E-state index in [1.165, 1.54) is 12.1 Å². The first-order valence-corrected chi connectivity index (χ1v) is 7.11. The molecule has 1 aromatic rings. The number of nitrogens with one attached hydrogen (secondary N) is 1. The van der Waals surface area contributed by atoms with E-state index >= 15 is 0 Å². The zero-order chi connectivity index (χ0) is 13.6. The topological polar surface area (TPSA) is 115 Å². The Bertz CT molecular complexity index is 514. The van der Waals surface area contributed by atoms with Gasteiger partial charge in [-0.1, -0.05) is 12.1 Å². The first-order chi connectivity index (χ1) is 8.45. The third kappa shape index (κ3) is 4.44. The molecule has 5 N–H and O–H groups in total. The zero-order valence-corrected chi connectivity index (χ0v) is 10.7. The highest BCUT2D eigenvalue weighted by Crippen LogP contribution is 2.19. The van der Waals surface area contributed by atoms with Crippen molar-refractivity contribution in [2.45, 2.75) is 24.2 Å². The number of carbonyl (C=O) groups is 1. The van der Waals surface area contributed by atoms with Crippen LogP contribution >= 0.6 is 0 Å². The number of nitrogens with two attached hydrogens (primary N) is 2. The van der Waals surface area contributed by atoms with Gasteiger partial charge in [0.15, 0.2) is 0 Å². The molecule has 0 atom stereocenters. The van der Waals surface area contributed by atoms with Gasteiger partial charge in [-0.05, 0) is 31.5 Å². The molecule has 0 fully saturated rings. The van der Waals surface area contributed by atoms with Crippen LogP contribution < -0.4 is 16.2 Å². The molecule has 0 bridgehead atoms. The van der Waals surface area contributed by atoms with Gasteiger partial charge in [0.1, 0.15) is 4.90 Å². The Morgan fingerprint density at radius 1 is 1.22 bits per heavy atom. The lowest BCUT2D eigenvalue weighted by molar-refractivity contribution is -0.116. The monoisotopic (exact) mass is 271 g/mol. The summed E-state index contributed by atoms with van der Waals surface area (Å²) in [5.41, 5.74) is 5.53. The average molecular weight is 271 g/mol. The SMILES string of the molecule is NCCCCC(=O)Nc1ccccc1S(N)(=O)=O. The molecule has 6 nitrogen and oxygen atoms in total. The van der Waals surface area contributed by atoms with E-state index in [0.717, 1.165) is 6.42 Å². The summed E-state index contributed by atoms with van der Waals surface area (Å²) in [6, 6.07) is 6.03. The third-order valence-electron chi connectivity index (χ3n) is 2.33. The first-order valence-electron chi connectivity index (χ1n) is 5.57. The Morgan fingerprint density at radius 2 is 1.89 bits per heavy atom. The lowest BCUT2D eigenvalue weighted by Gasteiger charge is -2.09. The van der Waals surface area contributed by atoms with E-state index in [-0.39, 0.29) is 16.5 Å². The molecule has 0 aliphatic carbocycles. The van der Waals surface area contributed by atoms with Crippen molar-refractivity contribution in [3.63, 3.8) is 0 Å². The molecule has 1 amide bonds. The molecule has 0 aromatic heterocycles. The molecule has 0 saturated heterocycles. The lowest BCUT2D eigenvalue weighted by Crippen LogP contribution is -2.18. The number of benzene rings is 1. The zero-order valence-electron chi connectivity index (χ0n) is 9.93. The average Bonchev–Trinajstić information content (AvgIpc) is 2.28. The Labute approximate surface area is 106 Å². The van der Waals surface area contributed by atoms with Gasteiger partial charge in [0.25, 0.3) is 0 Å². The van der Waals surface area contributed by atoms with Gasteiger partial charge < -0.3 is 11.1 Å². The van der Waals surface area contributed by atoms with Gasteiger partial charge in [-0.25, -0.2) is 13.6 Å². The number of hydrogen-bond donors (Lipinski definition) is 3. The van der Waals surface area contributed by atoms with Crippen LogP contribution in [0.2, 0.25) is 0 Å². The lowest BCUT2D eigenvalue weighted by atomic mass is 10.2. The van der Waals surface area contributed by atoms with Crippen molar-refractivity contribution in [2.24, 2.45) is 10.9 Å². The molecule has 18 heavy (non-hydrogen) atoms. The molecule has 1 aromatic carbocycles. The molecule has 0 aliphatic rings. The number of unbranched alkanes of at least 4 members (excludes halogenated alkanes) is 1. The van der Waals surface area contributed by atoms with Crippen molar-refractivity contribution in [3.8, 4) is 0 Å². The van der Waals surface area contributed by atoms with Gasteiger partial charge in [0.2, 0.25) is 15.9 Å². The molecule has 1 rings (SSSR count). The van der Waals surface area contributed by atoms with Crippen LogP contribution in [0, 0.1) is 0 Å². The molecular formula is C11H17N3O3S. The number of amides is 1. The van der Waals surface area contributed by atoms with Crippen molar-refractivity contribution in [2.75, 3.05) is 11.9 Å². The van der Waals surface area contributed by atoms with Gasteiger partial charge in [-0.3, -0.25) is 4.79 Å². The predicted molar refractivity (Wildman–Crippen MR) is 69.4 cm³/mol. The minimum absolute atomic E-state index is 0.0859. The van der Waals surface area contributed by atoms with Crippen LogP contribution in [0.5, 0.6) is 0 Å². The summed E-state index contributed by atoms with van der Waals surface area (Å²) in [4.78, 5) is 11.5. The van der Waals surface area contributed by atoms with Crippen molar-refractivity contribution in [1.82, 2.24) is 0 Å². The van der Waals surface area contributed by atoms with E-state index < -0.39 is 10.0 Å². The molecular weight excluding hydrogens is 254 g/mol. The molecule has 0 spiro atoms. The van der Waals surface area contributed by atoms with Gasteiger partial charge >= 0.3 is 0 Å². The van der Waals surface area contributed by atoms with Crippen LogP contribution in [0.25, 0.3) is 0 Å². The Kier molecular flexibility index (Phi) is 5.26. The molecule has 0 aliphatic heterocycles. The second-order valence-electron chi connectivity index (χ2n) is 3.84. The van der Waals surface area contributed by atoms with Crippen molar-refractivity contribution >= 4 is 21.6 Å². The standard InChI is InChI=1S/C11H17N3O3S/c12-8-4-3-7-11(15)14-9-5-1-2-6-10(9)18(13,16)17/h1-2,5-6H,3-4,7-8,12H2,(H,14,15)(H2,13,16,17). The Hall–Kier alpha value is -1.44. The van der Waals surface area contributed by atoms with Gasteiger partial charge in [-0.2, -0.15) is 0 Å². The maximum absolute atomic E-state index is 11.6. The van der Waals surface area contributed by atoms with Crippen LogP contribution in [0.4, 0.5) is 5.69 Å². The summed E-state index contributed by atoms with van der Waals surface area (Å²) in [6.45, 7) is 0.529. The summed E-state index contributed by atoms with van der Waals surface area (Å²) in [7, 11) is -3.84. The van der Waals surface area contributed by atoms with Gasteiger partial charge in [-0.15, -0.1) is 0 Å². The van der Waals surface area contributed by atoms with Crippen molar-refractivity contribution in [1.29, 1.82) is 0 Å². The van der Waals surface area contributed by atoms with E-state index in [0.29, 0.717) is 19.4 Å². The fourth-order valence-electron chi connectivity index (χ4n) is 1.46. The number of rotatable bonds is 6. The summed E-state index contributed by atoms with van der Waals surface area (Å²) in [6.07, 6.45) is 1.72. The van der Waals surface area contributed by atoms with Gasteiger partial charge in [0.05, 0.1) is 5.69 Å². The van der Waals surface area contributed by atoms with E-state index in [9.17, 15) is 13.2 Å². The smallest absolute Gasteiger partial charge is 0.240 e. The quantitative estimate of drug-likeness (QED) is 0.649. The van der Waals surface area contributed by atoms with E-state index in [4.69, 9.17) is 10.9 Å². The molecule has 0 heterocycles. The number of carbonyl (C=O) groups excluding carboxylic acids is 1. The maximum atomic E-state index is 11.6. The predicted octanol–water partition coefficient (Wildman–Crippen LogP) is 0.402. The number of hydrogen-bond acceptors (Lipinski definition) is 4. The van der Waals surface area contributed by atoms with Crippen LogP contribution in [-0.2, 0) is 14.8 Å². The summed E-state index contributed by atoms with van der Waals surface area (Å²) >= 11 is 0. The minimum Gasteiger partial charge on any atom is -0.330 e. The summed E-state index contributed by atoms with van der Waals surface area (Å²) in [5.74, 6) is -0.250. The third-order valence-corrected chi connectivity index (χ3v) is 3.29. The number of sulfonamides is 1. The molecule has 100 valence electrons. The minimum atomic E-state index is -3.84.